The Balaban J connectivity index is 2.23. The zero-order valence-electron chi connectivity index (χ0n) is 15.0. The van der Waals surface area contributed by atoms with Crippen LogP contribution in [0.2, 0.25) is 5.02 Å². The van der Waals surface area contributed by atoms with E-state index in [0.717, 1.165) is 0 Å². The van der Waals surface area contributed by atoms with Crippen molar-refractivity contribution < 1.29 is 37.0 Å². The fourth-order valence-electron chi connectivity index (χ4n) is 2.18. The zero-order chi connectivity index (χ0) is 21.6. The van der Waals surface area contributed by atoms with E-state index >= 15 is 0 Å². The number of hydrogen-bond acceptors (Lipinski definition) is 5. The first-order valence-corrected chi connectivity index (χ1v) is 8.37. The maximum absolute atomic E-state index is 12.5. The summed E-state index contributed by atoms with van der Waals surface area (Å²) in [7, 11) is 1.30. The average molecular weight is 433 g/mol. The van der Waals surface area contributed by atoms with Gasteiger partial charge in [0.25, 0.3) is 11.8 Å². The largest absolute Gasteiger partial charge is 0.493 e. The van der Waals surface area contributed by atoms with Gasteiger partial charge in [-0.15, -0.1) is 0 Å². The van der Waals surface area contributed by atoms with Crippen LogP contribution in [-0.4, -0.2) is 38.3 Å². The SMILES string of the molecule is COc1cc(C(=O)Nc2ccccc2OCC(F)(F)F)cc(Cl)c1OCC(N)=O. The molecule has 0 aliphatic carbocycles. The van der Waals surface area contributed by atoms with Crippen molar-refractivity contribution in [3.63, 3.8) is 0 Å². The first kappa shape index (κ1) is 22.2. The highest BCUT2D eigenvalue weighted by atomic mass is 35.5. The average Bonchev–Trinajstić information content (AvgIpc) is 2.64. The number of nitrogens with two attached hydrogens (primary N) is 1. The number of primary amides is 1. The standard InChI is InChI=1S/C18H16ClF3N2O5/c1-27-14-7-10(6-11(19)16(14)28-8-15(23)25)17(26)24-12-4-2-3-5-13(12)29-9-18(20,21)22/h2-7H,8-9H2,1H3,(H2,23,25)(H,24,26). The fraction of sp³-hybridized carbons (Fsp3) is 0.222. The van der Waals surface area contributed by atoms with Crippen molar-refractivity contribution in [1.29, 1.82) is 0 Å². The number of ether oxygens (including phenoxy) is 3. The van der Waals surface area contributed by atoms with E-state index in [2.05, 4.69) is 5.32 Å². The summed E-state index contributed by atoms with van der Waals surface area (Å²) in [5, 5.41) is 2.42. The van der Waals surface area contributed by atoms with Crippen LogP contribution in [-0.2, 0) is 4.79 Å². The summed E-state index contributed by atoms with van der Waals surface area (Å²) in [5.74, 6) is -1.50. The molecule has 3 N–H and O–H groups in total. The molecule has 2 amide bonds. The van der Waals surface area contributed by atoms with Gasteiger partial charge in [-0.05, 0) is 24.3 Å². The molecule has 0 fully saturated rings. The Labute approximate surface area is 168 Å². The predicted octanol–water partition coefficient (Wildman–Crippen LogP) is 3.41. The Kier molecular flexibility index (Phi) is 7.16. The number of rotatable bonds is 8. The van der Waals surface area contributed by atoms with Crippen molar-refractivity contribution >= 4 is 29.1 Å². The summed E-state index contributed by atoms with van der Waals surface area (Å²) < 4.78 is 52.2. The van der Waals surface area contributed by atoms with Crippen LogP contribution in [0.5, 0.6) is 17.2 Å². The zero-order valence-corrected chi connectivity index (χ0v) is 15.8. The van der Waals surface area contributed by atoms with Crippen LogP contribution in [0.1, 0.15) is 10.4 Å². The van der Waals surface area contributed by atoms with Gasteiger partial charge in [-0.3, -0.25) is 9.59 Å². The molecule has 0 aliphatic heterocycles. The molecule has 0 heterocycles. The monoisotopic (exact) mass is 432 g/mol. The van der Waals surface area contributed by atoms with E-state index in [4.69, 9.17) is 31.5 Å². The van der Waals surface area contributed by atoms with E-state index in [0.29, 0.717) is 0 Å². The Morgan fingerprint density at radius 3 is 2.45 bits per heavy atom. The maximum atomic E-state index is 12.5. The molecular weight excluding hydrogens is 417 g/mol. The molecule has 29 heavy (non-hydrogen) atoms. The van der Waals surface area contributed by atoms with E-state index in [-0.39, 0.29) is 33.5 Å². The van der Waals surface area contributed by atoms with Gasteiger partial charge in [0.1, 0.15) is 5.75 Å². The number of halogens is 4. The molecule has 0 aliphatic rings. The van der Waals surface area contributed by atoms with Gasteiger partial charge in [-0.2, -0.15) is 13.2 Å². The normalized spacial score (nSPS) is 10.9. The van der Waals surface area contributed by atoms with Crippen molar-refractivity contribution in [3.8, 4) is 17.2 Å². The smallest absolute Gasteiger partial charge is 0.422 e. The number of hydrogen-bond donors (Lipinski definition) is 2. The lowest BCUT2D eigenvalue weighted by Crippen LogP contribution is -2.21. The summed E-state index contributed by atoms with van der Waals surface area (Å²) in [5.41, 5.74) is 5.08. The highest BCUT2D eigenvalue weighted by Gasteiger charge is 2.29. The van der Waals surface area contributed by atoms with Crippen molar-refractivity contribution in [3.05, 3.63) is 47.0 Å². The van der Waals surface area contributed by atoms with E-state index < -0.39 is 31.2 Å². The summed E-state index contributed by atoms with van der Waals surface area (Å²) in [4.78, 5) is 23.4. The van der Waals surface area contributed by atoms with Gasteiger partial charge < -0.3 is 25.3 Å². The van der Waals surface area contributed by atoms with Crippen molar-refractivity contribution in [2.24, 2.45) is 5.73 Å². The minimum Gasteiger partial charge on any atom is -0.493 e. The molecule has 0 aromatic heterocycles. The van der Waals surface area contributed by atoms with Gasteiger partial charge in [0.2, 0.25) is 0 Å². The number of alkyl halides is 3. The minimum atomic E-state index is -4.53. The summed E-state index contributed by atoms with van der Waals surface area (Å²) in [6, 6.07) is 8.19. The van der Waals surface area contributed by atoms with Crippen molar-refractivity contribution in [1.82, 2.24) is 0 Å². The lowest BCUT2D eigenvalue weighted by molar-refractivity contribution is -0.153. The second-order valence-electron chi connectivity index (χ2n) is 5.60. The molecule has 2 rings (SSSR count). The number of carbonyl (C=O) groups excluding carboxylic acids is 2. The van der Waals surface area contributed by atoms with Crippen molar-refractivity contribution in [2.45, 2.75) is 6.18 Å². The summed E-state index contributed by atoms with van der Waals surface area (Å²) in [6.07, 6.45) is -4.53. The molecule has 0 saturated heterocycles. The van der Waals surface area contributed by atoms with E-state index in [9.17, 15) is 22.8 Å². The number of para-hydroxylation sites is 2. The van der Waals surface area contributed by atoms with Crippen LogP contribution in [0.25, 0.3) is 0 Å². The van der Waals surface area contributed by atoms with E-state index in [1.54, 1.807) is 0 Å². The Morgan fingerprint density at radius 2 is 1.83 bits per heavy atom. The molecule has 0 bridgehead atoms. The van der Waals surface area contributed by atoms with Gasteiger partial charge in [0.15, 0.2) is 24.7 Å². The first-order valence-electron chi connectivity index (χ1n) is 7.99. The highest BCUT2D eigenvalue weighted by Crippen LogP contribution is 2.37. The number of nitrogens with one attached hydrogen (secondary N) is 1. The molecule has 2 aromatic rings. The quantitative estimate of drug-likeness (QED) is 0.666. The Bertz CT molecular complexity index is 906. The van der Waals surface area contributed by atoms with E-state index in [1.807, 2.05) is 0 Å². The summed E-state index contributed by atoms with van der Waals surface area (Å²) in [6.45, 7) is -1.96. The molecule has 7 nitrogen and oxygen atoms in total. The third-order valence-corrected chi connectivity index (χ3v) is 3.66. The van der Waals surface area contributed by atoms with Gasteiger partial charge in [0.05, 0.1) is 17.8 Å². The van der Waals surface area contributed by atoms with Crippen LogP contribution >= 0.6 is 11.6 Å². The molecule has 156 valence electrons. The topological polar surface area (TPSA) is 99.9 Å². The first-order chi connectivity index (χ1) is 13.6. The Morgan fingerprint density at radius 1 is 1.14 bits per heavy atom. The number of methoxy groups -OCH3 is 1. The van der Waals surface area contributed by atoms with Crippen LogP contribution in [0, 0.1) is 0 Å². The molecule has 0 unspecified atom stereocenters. The fourth-order valence-corrected chi connectivity index (χ4v) is 2.45. The van der Waals surface area contributed by atoms with Gasteiger partial charge in [-0.25, -0.2) is 0 Å². The van der Waals surface area contributed by atoms with Crippen LogP contribution in [0.3, 0.4) is 0 Å². The molecule has 2 aromatic carbocycles. The van der Waals surface area contributed by atoms with Crippen LogP contribution < -0.4 is 25.3 Å². The lowest BCUT2D eigenvalue weighted by atomic mass is 10.1. The predicted molar refractivity (Wildman–Crippen MR) is 98.6 cm³/mol. The molecule has 0 saturated carbocycles. The molecule has 11 heteroatoms. The third-order valence-electron chi connectivity index (χ3n) is 3.38. The maximum Gasteiger partial charge on any atom is 0.422 e. The number of benzene rings is 2. The molecule has 0 atom stereocenters. The van der Waals surface area contributed by atoms with E-state index in [1.165, 1.54) is 43.5 Å². The van der Waals surface area contributed by atoms with Crippen LogP contribution in [0.4, 0.5) is 18.9 Å². The van der Waals surface area contributed by atoms with Gasteiger partial charge >= 0.3 is 6.18 Å². The second-order valence-corrected chi connectivity index (χ2v) is 6.01. The van der Waals surface area contributed by atoms with Gasteiger partial charge in [0, 0.05) is 5.56 Å². The second kappa shape index (κ2) is 9.37. The van der Waals surface area contributed by atoms with Crippen LogP contribution in [0.15, 0.2) is 36.4 Å². The lowest BCUT2D eigenvalue weighted by Gasteiger charge is -2.15. The van der Waals surface area contributed by atoms with Gasteiger partial charge in [-0.1, -0.05) is 23.7 Å². The highest BCUT2D eigenvalue weighted by molar-refractivity contribution is 6.32. The molecule has 0 radical (unpaired) electrons. The Hall–Kier alpha value is -3.14. The number of anilines is 1. The van der Waals surface area contributed by atoms with Crippen molar-refractivity contribution in [2.75, 3.05) is 25.6 Å². The number of carbonyl (C=O) groups is 2. The third kappa shape index (κ3) is 6.46. The molecule has 0 spiro atoms. The minimum absolute atomic E-state index is 0.0124. The number of amides is 2. The molecular formula is C18H16ClF3N2O5. The summed E-state index contributed by atoms with van der Waals surface area (Å²) >= 11 is 6.09.